The minimum atomic E-state index is -0.251. The Morgan fingerprint density at radius 1 is 1.32 bits per heavy atom. The Labute approximate surface area is 114 Å². The first kappa shape index (κ1) is 15.5. The molecule has 4 heteroatoms. The summed E-state index contributed by atoms with van der Waals surface area (Å²) in [6.07, 6.45) is 0. The molecule has 1 aromatic rings. The van der Waals surface area contributed by atoms with Gasteiger partial charge in [-0.3, -0.25) is 4.79 Å². The molecule has 0 radical (unpaired) electrons. The first-order valence-electron chi connectivity index (χ1n) is 6.46. The van der Waals surface area contributed by atoms with Gasteiger partial charge in [-0.05, 0) is 30.0 Å². The highest BCUT2D eigenvalue weighted by Gasteiger charge is 2.13. The second-order valence-corrected chi connectivity index (χ2v) is 5.71. The van der Waals surface area contributed by atoms with Crippen LogP contribution in [0.15, 0.2) is 24.3 Å². The van der Waals surface area contributed by atoms with Crippen LogP contribution in [0.5, 0.6) is 5.75 Å². The Morgan fingerprint density at radius 3 is 2.37 bits per heavy atom. The van der Waals surface area contributed by atoms with Crippen molar-refractivity contribution in [2.45, 2.75) is 39.2 Å². The van der Waals surface area contributed by atoms with Crippen molar-refractivity contribution in [3.05, 3.63) is 29.8 Å². The van der Waals surface area contributed by atoms with Gasteiger partial charge in [-0.2, -0.15) is 0 Å². The number of nitrogens with one attached hydrogen (secondary N) is 1. The third kappa shape index (κ3) is 5.30. The quantitative estimate of drug-likeness (QED) is 0.854. The maximum absolute atomic E-state index is 11.5. The Morgan fingerprint density at radius 2 is 1.89 bits per heavy atom. The van der Waals surface area contributed by atoms with E-state index in [9.17, 15) is 4.79 Å². The van der Waals surface area contributed by atoms with Crippen LogP contribution < -0.4 is 10.1 Å². The molecule has 1 amide bonds. The molecule has 106 valence electrons. The highest BCUT2D eigenvalue weighted by atomic mass is 16.5. The predicted molar refractivity (Wildman–Crippen MR) is 75.3 cm³/mol. The number of amides is 1. The molecule has 1 aromatic carbocycles. The van der Waals surface area contributed by atoms with E-state index < -0.39 is 0 Å². The first-order chi connectivity index (χ1) is 8.82. The highest BCUT2D eigenvalue weighted by Crippen LogP contribution is 2.24. The van der Waals surface area contributed by atoms with Crippen LogP contribution in [0, 0.1) is 0 Å². The van der Waals surface area contributed by atoms with Gasteiger partial charge in [0.1, 0.15) is 5.75 Å². The van der Waals surface area contributed by atoms with Crippen molar-refractivity contribution in [2.75, 3.05) is 13.2 Å². The van der Waals surface area contributed by atoms with E-state index in [4.69, 9.17) is 9.84 Å². The summed E-state index contributed by atoms with van der Waals surface area (Å²) >= 11 is 0. The molecule has 0 saturated carbocycles. The van der Waals surface area contributed by atoms with E-state index in [-0.39, 0.29) is 30.6 Å². The molecular weight excluding hydrogens is 242 g/mol. The Bertz CT molecular complexity index is 406. The number of aliphatic hydroxyl groups excluding tert-OH is 1. The van der Waals surface area contributed by atoms with Crippen LogP contribution in [-0.2, 0) is 10.2 Å². The molecule has 1 rings (SSSR count). The zero-order valence-corrected chi connectivity index (χ0v) is 12.1. The van der Waals surface area contributed by atoms with E-state index in [1.165, 1.54) is 5.56 Å². The van der Waals surface area contributed by atoms with Crippen LogP contribution in [-0.4, -0.2) is 30.3 Å². The van der Waals surface area contributed by atoms with Crippen molar-refractivity contribution in [3.63, 3.8) is 0 Å². The van der Waals surface area contributed by atoms with Gasteiger partial charge < -0.3 is 15.2 Å². The molecule has 0 spiro atoms. The molecule has 0 aromatic heterocycles. The van der Waals surface area contributed by atoms with E-state index in [2.05, 4.69) is 26.1 Å². The van der Waals surface area contributed by atoms with E-state index in [1.54, 1.807) is 6.92 Å². The van der Waals surface area contributed by atoms with Crippen LogP contribution in [0.4, 0.5) is 0 Å². The normalized spacial score (nSPS) is 12.9. The van der Waals surface area contributed by atoms with Crippen LogP contribution in [0.25, 0.3) is 0 Å². The molecule has 0 aliphatic carbocycles. The predicted octanol–water partition coefficient (Wildman–Crippen LogP) is 1.86. The molecule has 0 aliphatic rings. The molecule has 0 fully saturated rings. The van der Waals surface area contributed by atoms with E-state index >= 15 is 0 Å². The maximum atomic E-state index is 11.5. The first-order valence-corrected chi connectivity index (χ1v) is 6.46. The van der Waals surface area contributed by atoms with Crippen molar-refractivity contribution in [1.82, 2.24) is 5.32 Å². The van der Waals surface area contributed by atoms with Gasteiger partial charge in [0.2, 0.25) is 0 Å². The number of ether oxygens (including phenoxy) is 1. The fourth-order valence-electron chi connectivity index (χ4n) is 1.56. The summed E-state index contributed by atoms with van der Waals surface area (Å²) in [5.74, 6) is 0.432. The summed E-state index contributed by atoms with van der Waals surface area (Å²) in [7, 11) is 0. The lowest BCUT2D eigenvalue weighted by atomic mass is 9.87. The minimum absolute atomic E-state index is 0.0425. The number of hydrogen-bond donors (Lipinski definition) is 2. The number of carbonyl (C=O) groups excluding carboxylic acids is 1. The summed E-state index contributed by atoms with van der Waals surface area (Å²) in [5, 5.41) is 11.4. The Hall–Kier alpha value is -1.55. The van der Waals surface area contributed by atoms with Gasteiger partial charge in [0.25, 0.3) is 5.91 Å². The number of hydrogen-bond acceptors (Lipinski definition) is 3. The largest absolute Gasteiger partial charge is 0.484 e. The Balaban J connectivity index is 2.48. The smallest absolute Gasteiger partial charge is 0.258 e. The van der Waals surface area contributed by atoms with Gasteiger partial charge in [0.15, 0.2) is 6.61 Å². The molecule has 0 saturated heterocycles. The average molecular weight is 265 g/mol. The molecule has 4 nitrogen and oxygen atoms in total. The lowest BCUT2D eigenvalue weighted by molar-refractivity contribution is -0.123. The van der Waals surface area contributed by atoms with E-state index in [0.29, 0.717) is 5.75 Å². The number of carbonyl (C=O) groups is 1. The number of rotatable bonds is 5. The number of aliphatic hydroxyl groups is 1. The average Bonchev–Trinajstić information content (AvgIpc) is 2.35. The summed E-state index contributed by atoms with van der Waals surface area (Å²) in [6, 6.07) is 7.49. The van der Waals surface area contributed by atoms with Gasteiger partial charge in [-0.25, -0.2) is 0 Å². The lowest BCUT2D eigenvalue weighted by Gasteiger charge is -2.19. The van der Waals surface area contributed by atoms with Crippen LogP contribution in [0.2, 0.25) is 0 Å². The lowest BCUT2D eigenvalue weighted by Crippen LogP contribution is -2.38. The monoisotopic (exact) mass is 265 g/mol. The topological polar surface area (TPSA) is 58.6 Å². The van der Waals surface area contributed by atoms with Crippen LogP contribution in [0.3, 0.4) is 0 Å². The van der Waals surface area contributed by atoms with E-state index in [1.807, 2.05) is 24.3 Å². The van der Waals surface area contributed by atoms with Gasteiger partial charge in [0.05, 0.1) is 6.61 Å². The standard InChI is InChI=1S/C15H23NO3/c1-11(9-17)16-14(18)10-19-13-7-5-12(6-8-13)15(2,3)4/h5-8,11,17H,9-10H2,1-4H3,(H,16,18). The van der Waals surface area contributed by atoms with Gasteiger partial charge in [-0.1, -0.05) is 32.9 Å². The maximum Gasteiger partial charge on any atom is 0.258 e. The fraction of sp³-hybridized carbons (Fsp3) is 0.533. The van der Waals surface area contributed by atoms with Gasteiger partial charge in [0, 0.05) is 6.04 Å². The van der Waals surface area contributed by atoms with Crippen molar-refractivity contribution in [2.24, 2.45) is 0 Å². The third-order valence-corrected chi connectivity index (χ3v) is 2.77. The van der Waals surface area contributed by atoms with E-state index in [0.717, 1.165) is 0 Å². The summed E-state index contributed by atoms with van der Waals surface area (Å²) in [6.45, 7) is 8.05. The zero-order valence-electron chi connectivity index (χ0n) is 12.1. The van der Waals surface area contributed by atoms with Crippen molar-refractivity contribution in [3.8, 4) is 5.75 Å². The molecule has 0 bridgehead atoms. The van der Waals surface area contributed by atoms with Crippen molar-refractivity contribution >= 4 is 5.91 Å². The molecule has 0 heterocycles. The van der Waals surface area contributed by atoms with Crippen molar-refractivity contribution < 1.29 is 14.6 Å². The fourth-order valence-corrected chi connectivity index (χ4v) is 1.56. The molecular formula is C15H23NO3. The van der Waals surface area contributed by atoms with Gasteiger partial charge in [-0.15, -0.1) is 0 Å². The van der Waals surface area contributed by atoms with Crippen molar-refractivity contribution in [1.29, 1.82) is 0 Å². The summed E-state index contributed by atoms with van der Waals surface area (Å²) < 4.78 is 5.39. The van der Waals surface area contributed by atoms with Crippen LogP contribution >= 0.6 is 0 Å². The molecule has 19 heavy (non-hydrogen) atoms. The second kappa shape index (κ2) is 6.57. The second-order valence-electron chi connectivity index (χ2n) is 5.71. The number of benzene rings is 1. The SMILES string of the molecule is CC(CO)NC(=O)COc1ccc(C(C)(C)C)cc1. The molecule has 2 N–H and O–H groups in total. The highest BCUT2D eigenvalue weighted by molar-refractivity contribution is 5.77. The summed E-state index contributed by atoms with van der Waals surface area (Å²) in [4.78, 5) is 11.5. The Kier molecular flexibility index (Phi) is 5.36. The minimum Gasteiger partial charge on any atom is -0.484 e. The third-order valence-electron chi connectivity index (χ3n) is 2.77. The molecule has 1 atom stereocenters. The van der Waals surface area contributed by atoms with Crippen LogP contribution in [0.1, 0.15) is 33.3 Å². The zero-order chi connectivity index (χ0) is 14.5. The molecule has 1 unspecified atom stereocenters. The van der Waals surface area contributed by atoms with Gasteiger partial charge >= 0.3 is 0 Å². The molecule has 0 aliphatic heterocycles. The summed E-state index contributed by atoms with van der Waals surface area (Å²) in [5.41, 5.74) is 1.32.